The Balaban J connectivity index is 1.51. The summed E-state index contributed by atoms with van der Waals surface area (Å²) in [5.41, 5.74) is 2.96. The molecule has 0 spiro atoms. The summed E-state index contributed by atoms with van der Waals surface area (Å²) in [5.74, 6) is 0.797. The lowest BCUT2D eigenvalue weighted by Crippen LogP contribution is -2.21. The van der Waals surface area contributed by atoms with Crippen LogP contribution in [0.15, 0.2) is 48.5 Å². The molecule has 5 nitrogen and oxygen atoms in total. The third-order valence-corrected chi connectivity index (χ3v) is 4.27. The Morgan fingerprint density at radius 2 is 1.84 bits per heavy atom. The average molecular weight is 340 g/mol. The first-order valence-electron chi connectivity index (χ1n) is 8.43. The van der Waals surface area contributed by atoms with Crippen molar-refractivity contribution in [1.82, 2.24) is 5.32 Å². The largest absolute Gasteiger partial charge is 0.491 e. The Morgan fingerprint density at radius 3 is 2.44 bits per heavy atom. The first kappa shape index (κ1) is 17.5. The number of anilines is 1. The number of hydrogen-bond donors (Lipinski definition) is 1. The van der Waals surface area contributed by atoms with Crippen molar-refractivity contribution in [2.24, 2.45) is 0 Å². The van der Waals surface area contributed by atoms with Crippen molar-refractivity contribution in [3.05, 3.63) is 59.7 Å². The smallest absolute Gasteiger partial charge is 0.159 e. The molecule has 0 saturated carbocycles. The van der Waals surface area contributed by atoms with E-state index in [0.717, 1.165) is 23.5 Å². The quantitative estimate of drug-likeness (QED) is 0.819. The Hall–Kier alpha value is -2.37. The van der Waals surface area contributed by atoms with Crippen LogP contribution < -0.4 is 15.0 Å². The fourth-order valence-electron chi connectivity index (χ4n) is 2.74. The van der Waals surface area contributed by atoms with E-state index in [1.807, 2.05) is 26.2 Å². The molecule has 1 aliphatic heterocycles. The lowest BCUT2D eigenvalue weighted by molar-refractivity contribution is 0.0159. The van der Waals surface area contributed by atoms with Crippen LogP contribution >= 0.6 is 0 Å². The molecule has 1 fully saturated rings. The van der Waals surface area contributed by atoms with Crippen LogP contribution in [0.1, 0.15) is 29.1 Å². The molecule has 3 rings (SSSR count). The van der Waals surface area contributed by atoms with Gasteiger partial charge < -0.3 is 14.4 Å². The van der Waals surface area contributed by atoms with Crippen LogP contribution in [0.4, 0.5) is 5.69 Å². The molecule has 0 unspecified atom stereocenters. The van der Waals surface area contributed by atoms with Crippen LogP contribution in [0.2, 0.25) is 0 Å². The van der Waals surface area contributed by atoms with Gasteiger partial charge in [0, 0.05) is 31.9 Å². The van der Waals surface area contributed by atoms with E-state index < -0.39 is 0 Å². The number of carbonyl (C=O) groups is 1. The van der Waals surface area contributed by atoms with Crippen molar-refractivity contribution < 1.29 is 14.3 Å². The summed E-state index contributed by atoms with van der Waals surface area (Å²) >= 11 is 0. The molecule has 5 heteroatoms. The molecule has 0 radical (unpaired) electrons. The van der Waals surface area contributed by atoms with Crippen LogP contribution in [-0.4, -0.2) is 39.1 Å². The number of ether oxygens (including phenoxy) is 2. The molecule has 25 heavy (non-hydrogen) atoms. The van der Waals surface area contributed by atoms with Gasteiger partial charge in [-0.05, 0) is 48.9 Å². The minimum Gasteiger partial charge on any atom is -0.491 e. The van der Waals surface area contributed by atoms with Gasteiger partial charge in [-0.2, -0.15) is 0 Å². The summed E-state index contributed by atoms with van der Waals surface area (Å²) in [7, 11) is 4.05. The van der Waals surface area contributed by atoms with Crippen molar-refractivity contribution in [1.29, 1.82) is 0 Å². The minimum atomic E-state index is -0.107. The normalized spacial score (nSPS) is 19.6. The third-order valence-electron chi connectivity index (χ3n) is 4.27. The van der Waals surface area contributed by atoms with Crippen LogP contribution in [0.5, 0.6) is 5.75 Å². The molecule has 0 amide bonds. The molecule has 0 bridgehead atoms. The van der Waals surface area contributed by atoms with Gasteiger partial charge in [0.2, 0.25) is 0 Å². The van der Waals surface area contributed by atoms with Crippen molar-refractivity contribution in [3.63, 3.8) is 0 Å². The van der Waals surface area contributed by atoms with Gasteiger partial charge in [-0.1, -0.05) is 12.1 Å². The first-order valence-corrected chi connectivity index (χ1v) is 8.43. The summed E-state index contributed by atoms with van der Waals surface area (Å²) in [6, 6.07) is 15.5. The molecular formula is C20H24N2O3. The summed E-state index contributed by atoms with van der Waals surface area (Å²) in [5, 5.41) is 3.37. The Morgan fingerprint density at radius 1 is 1.16 bits per heavy atom. The topological polar surface area (TPSA) is 50.8 Å². The highest BCUT2D eigenvalue weighted by Crippen LogP contribution is 2.24. The average Bonchev–Trinajstić information content (AvgIpc) is 3.09. The van der Waals surface area contributed by atoms with E-state index >= 15 is 0 Å². The number of nitrogens with one attached hydrogen (secondary N) is 1. The summed E-state index contributed by atoms with van der Waals surface area (Å²) in [4.78, 5) is 13.4. The van der Waals surface area contributed by atoms with Crippen molar-refractivity contribution in [3.8, 4) is 5.75 Å². The van der Waals surface area contributed by atoms with Crippen molar-refractivity contribution in [2.75, 3.05) is 32.1 Å². The zero-order valence-corrected chi connectivity index (χ0v) is 14.9. The number of hydrogen-bond acceptors (Lipinski definition) is 5. The molecular weight excluding hydrogens is 316 g/mol. The molecule has 1 heterocycles. The highest BCUT2D eigenvalue weighted by molar-refractivity contribution is 5.94. The molecule has 2 atom stereocenters. The number of nitrogens with zero attached hydrogens (tertiary/aromatic N) is 1. The maximum absolute atomic E-state index is 11.3. The highest BCUT2D eigenvalue weighted by Gasteiger charge is 2.26. The first-order chi connectivity index (χ1) is 12.0. The maximum Gasteiger partial charge on any atom is 0.159 e. The van der Waals surface area contributed by atoms with E-state index in [1.54, 1.807) is 19.1 Å². The summed E-state index contributed by atoms with van der Waals surface area (Å²) in [6.07, 6.45) is -0.115. The zero-order chi connectivity index (χ0) is 17.8. The van der Waals surface area contributed by atoms with Gasteiger partial charge in [0.25, 0.3) is 0 Å². The van der Waals surface area contributed by atoms with Gasteiger partial charge >= 0.3 is 0 Å². The molecule has 1 N–H and O–H groups in total. The van der Waals surface area contributed by atoms with E-state index in [4.69, 9.17) is 9.47 Å². The molecule has 0 aliphatic carbocycles. The number of benzene rings is 2. The molecule has 0 aromatic heterocycles. The van der Waals surface area contributed by atoms with E-state index in [1.165, 1.54) is 0 Å². The van der Waals surface area contributed by atoms with E-state index in [9.17, 15) is 4.79 Å². The lowest BCUT2D eigenvalue weighted by Gasteiger charge is -2.16. The van der Waals surface area contributed by atoms with Gasteiger partial charge in [0.05, 0.1) is 0 Å². The highest BCUT2D eigenvalue weighted by atomic mass is 16.6. The molecule has 2 aromatic carbocycles. The molecule has 1 aliphatic rings. The third kappa shape index (κ3) is 4.38. The van der Waals surface area contributed by atoms with Crippen LogP contribution in [0.25, 0.3) is 0 Å². The van der Waals surface area contributed by atoms with Crippen LogP contribution in [0.3, 0.4) is 0 Å². The van der Waals surface area contributed by atoms with Crippen molar-refractivity contribution in [2.45, 2.75) is 19.3 Å². The van der Waals surface area contributed by atoms with E-state index in [0.29, 0.717) is 12.2 Å². The molecule has 132 valence electrons. The second kappa shape index (κ2) is 7.68. The fourth-order valence-corrected chi connectivity index (χ4v) is 2.74. The number of carbonyl (C=O) groups excluding carboxylic acids is 1. The van der Waals surface area contributed by atoms with E-state index in [-0.39, 0.29) is 18.1 Å². The summed E-state index contributed by atoms with van der Waals surface area (Å²) in [6.45, 7) is 2.77. The zero-order valence-electron chi connectivity index (χ0n) is 14.9. The molecule has 2 aromatic rings. The minimum absolute atomic E-state index is 0.00833. The van der Waals surface area contributed by atoms with Gasteiger partial charge in [-0.15, -0.1) is 0 Å². The standard InChI is InChI=1S/C20H24N2O3/c1-14(23)15-6-10-18(11-7-15)24-13-19-12-21-20(25-19)16-4-8-17(9-5-16)22(2)3/h4-11,19-21H,12-13H2,1-3H3/t19-,20+/m1/s1. The van der Waals surface area contributed by atoms with Gasteiger partial charge in [0.1, 0.15) is 24.7 Å². The van der Waals surface area contributed by atoms with Crippen LogP contribution in [-0.2, 0) is 4.74 Å². The number of ketones is 1. The lowest BCUT2D eigenvalue weighted by atomic mass is 10.1. The monoisotopic (exact) mass is 340 g/mol. The summed E-state index contributed by atoms with van der Waals surface area (Å²) < 4.78 is 11.8. The van der Waals surface area contributed by atoms with Gasteiger partial charge in [0.15, 0.2) is 5.78 Å². The Labute approximate surface area is 148 Å². The molecule has 1 saturated heterocycles. The second-order valence-corrected chi connectivity index (χ2v) is 6.42. The van der Waals surface area contributed by atoms with Crippen LogP contribution in [0, 0.1) is 0 Å². The van der Waals surface area contributed by atoms with Gasteiger partial charge in [-0.3, -0.25) is 10.1 Å². The Kier molecular flexibility index (Phi) is 5.36. The van der Waals surface area contributed by atoms with E-state index in [2.05, 4.69) is 34.5 Å². The number of rotatable bonds is 6. The maximum atomic E-state index is 11.3. The predicted octanol–water partition coefficient (Wildman–Crippen LogP) is 3.02. The fraction of sp³-hybridized carbons (Fsp3) is 0.350. The number of Topliss-reactive ketones (excluding diaryl/α,β-unsaturated/α-hetero) is 1. The predicted molar refractivity (Wildman–Crippen MR) is 98.3 cm³/mol. The second-order valence-electron chi connectivity index (χ2n) is 6.42. The van der Waals surface area contributed by atoms with Crippen molar-refractivity contribution >= 4 is 11.5 Å². The van der Waals surface area contributed by atoms with Gasteiger partial charge in [-0.25, -0.2) is 0 Å². The Bertz CT molecular complexity index is 711. The SMILES string of the molecule is CC(=O)c1ccc(OC[C@H]2CN[C@H](c3ccc(N(C)C)cc3)O2)cc1.